The van der Waals surface area contributed by atoms with Crippen molar-refractivity contribution in [3.8, 4) is 0 Å². The molecule has 0 aliphatic heterocycles. The number of nitrogens with one attached hydrogen (secondary N) is 1. The first-order chi connectivity index (χ1) is 8.99. The van der Waals surface area contributed by atoms with Crippen molar-refractivity contribution in [2.75, 3.05) is 11.1 Å². The summed E-state index contributed by atoms with van der Waals surface area (Å²) in [5.41, 5.74) is 9.50. The van der Waals surface area contributed by atoms with E-state index in [0.29, 0.717) is 16.3 Å². The molecule has 0 saturated heterocycles. The van der Waals surface area contributed by atoms with Gasteiger partial charge in [-0.05, 0) is 55.3 Å². The monoisotopic (exact) mass is 274 g/mol. The number of hydrogen-bond acceptors (Lipinski definition) is 2. The van der Waals surface area contributed by atoms with Crippen molar-refractivity contribution < 1.29 is 4.79 Å². The van der Waals surface area contributed by atoms with Gasteiger partial charge in [-0.3, -0.25) is 4.79 Å². The number of rotatable bonds is 2. The number of aryl methyl sites for hydroxylation is 1. The van der Waals surface area contributed by atoms with Crippen molar-refractivity contribution in [3.63, 3.8) is 0 Å². The SMILES string of the molecule is Cc1cc(Cl)ccc1C(=O)Nc1cccc(N)c1C. The second-order valence-electron chi connectivity index (χ2n) is 4.43. The Morgan fingerprint density at radius 3 is 2.63 bits per heavy atom. The highest BCUT2D eigenvalue weighted by Crippen LogP contribution is 2.22. The molecule has 0 saturated carbocycles. The van der Waals surface area contributed by atoms with Crippen LogP contribution in [0.1, 0.15) is 21.5 Å². The Morgan fingerprint density at radius 2 is 1.95 bits per heavy atom. The highest BCUT2D eigenvalue weighted by molar-refractivity contribution is 6.30. The Kier molecular flexibility index (Phi) is 3.76. The van der Waals surface area contributed by atoms with Gasteiger partial charge in [0.2, 0.25) is 0 Å². The summed E-state index contributed by atoms with van der Waals surface area (Å²) >= 11 is 5.88. The lowest BCUT2D eigenvalue weighted by molar-refractivity contribution is 0.102. The van der Waals surface area contributed by atoms with Crippen LogP contribution in [0, 0.1) is 13.8 Å². The minimum Gasteiger partial charge on any atom is -0.398 e. The third-order valence-corrected chi connectivity index (χ3v) is 3.29. The molecule has 1 amide bonds. The van der Waals surface area contributed by atoms with E-state index in [4.69, 9.17) is 17.3 Å². The predicted molar refractivity (Wildman–Crippen MR) is 79.7 cm³/mol. The largest absolute Gasteiger partial charge is 0.398 e. The van der Waals surface area contributed by atoms with Crippen LogP contribution in [0.2, 0.25) is 5.02 Å². The molecule has 0 aliphatic carbocycles. The molecule has 0 heterocycles. The fourth-order valence-corrected chi connectivity index (χ4v) is 2.09. The van der Waals surface area contributed by atoms with E-state index in [-0.39, 0.29) is 5.91 Å². The number of hydrogen-bond donors (Lipinski definition) is 2. The number of carbonyl (C=O) groups excluding carboxylic acids is 1. The summed E-state index contributed by atoms with van der Waals surface area (Å²) < 4.78 is 0. The number of nitrogens with two attached hydrogens (primary N) is 1. The van der Waals surface area contributed by atoms with Crippen LogP contribution in [0.5, 0.6) is 0 Å². The second kappa shape index (κ2) is 5.33. The van der Waals surface area contributed by atoms with Crippen molar-refractivity contribution in [2.45, 2.75) is 13.8 Å². The summed E-state index contributed by atoms with van der Waals surface area (Å²) in [5, 5.41) is 3.49. The summed E-state index contributed by atoms with van der Waals surface area (Å²) in [6.45, 7) is 3.73. The molecule has 0 spiro atoms. The van der Waals surface area contributed by atoms with Crippen LogP contribution in [0.25, 0.3) is 0 Å². The van der Waals surface area contributed by atoms with Gasteiger partial charge in [0, 0.05) is 22.0 Å². The molecule has 2 rings (SSSR count). The summed E-state index contributed by atoms with van der Waals surface area (Å²) in [5.74, 6) is -0.164. The molecular weight excluding hydrogens is 260 g/mol. The maximum Gasteiger partial charge on any atom is 0.255 e. The highest BCUT2D eigenvalue weighted by Gasteiger charge is 2.11. The van der Waals surface area contributed by atoms with Gasteiger partial charge in [0.05, 0.1) is 0 Å². The third kappa shape index (κ3) is 2.88. The van der Waals surface area contributed by atoms with Crippen molar-refractivity contribution in [1.29, 1.82) is 0 Å². The van der Waals surface area contributed by atoms with Crippen LogP contribution in [0.4, 0.5) is 11.4 Å². The Morgan fingerprint density at radius 1 is 1.21 bits per heavy atom. The van der Waals surface area contributed by atoms with E-state index >= 15 is 0 Å². The van der Waals surface area contributed by atoms with E-state index in [1.165, 1.54) is 0 Å². The fourth-order valence-electron chi connectivity index (χ4n) is 1.86. The number of nitrogen functional groups attached to an aromatic ring is 1. The molecule has 0 aliphatic rings. The van der Waals surface area contributed by atoms with Gasteiger partial charge in [-0.25, -0.2) is 0 Å². The Balaban J connectivity index is 2.28. The van der Waals surface area contributed by atoms with Crippen molar-refractivity contribution in [3.05, 3.63) is 58.1 Å². The zero-order valence-corrected chi connectivity index (χ0v) is 11.6. The highest BCUT2D eigenvalue weighted by atomic mass is 35.5. The lowest BCUT2D eigenvalue weighted by Gasteiger charge is -2.11. The number of benzene rings is 2. The van der Waals surface area contributed by atoms with Gasteiger partial charge in [0.1, 0.15) is 0 Å². The van der Waals surface area contributed by atoms with E-state index in [0.717, 1.165) is 16.8 Å². The van der Waals surface area contributed by atoms with Crippen LogP contribution in [-0.4, -0.2) is 5.91 Å². The minimum absolute atomic E-state index is 0.164. The van der Waals surface area contributed by atoms with E-state index in [2.05, 4.69) is 5.32 Å². The quantitative estimate of drug-likeness (QED) is 0.819. The molecule has 3 nitrogen and oxygen atoms in total. The second-order valence-corrected chi connectivity index (χ2v) is 4.87. The van der Waals surface area contributed by atoms with E-state index in [1.54, 1.807) is 24.3 Å². The maximum atomic E-state index is 12.2. The topological polar surface area (TPSA) is 55.1 Å². The molecule has 0 aromatic heterocycles. The lowest BCUT2D eigenvalue weighted by Crippen LogP contribution is -2.14. The fraction of sp³-hybridized carbons (Fsp3) is 0.133. The zero-order chi connectivity index (χ0) is 14.0. The first-order valence-corrected chi connectivity index (χ1v) is 6.29. The molecule has 0 atom stereocenters. The molecule has 98 valence electrons. The van der Waals surface area contributed by atoms with Crippen LogP contribution < -0.4 is 11.1 Å². The standard InChI is InChI=1S/C15H15ClN2O/c1-9-8-11(16)6-7-12(9)15(19)18-14-5-3-4-13(17)10(14)2/h3-8H,17H2,1-2H3,(H,18,19). The summed E-state index contributed by atoms with van der Waals surface area (Å²) in [6.07, 6.45) is 0. The molecule has 4 heteroatoms. The first kappa shape index (κ1) is 13.4. The average molecular weight is 275 g/mol. The third-order valence-electron chi connectivity index (χ3n) is 3.06. The van der Waals surface area contributed by atoms with Crippen molar-refractivity contribution >= 4 is 28.9 Å². The van der Waals surface area contributed by atoms with E-state index < -0.39 is 0 Å². The number of halogens is 1. The summed E-state index contributed by atoms with van der Waals surface area (Å²) in [7, 11) is 0. The molecule has 0 fully saturated rings. The molecule has 0 bridgehead atoms. The Hall–Kier alpha value is -2.00. The smallest absolute Gasteiger partial charge is 0.255 e. The minimum atomic E-state index is -0.164. The van der Waals surface area contributed by atoms with E-state index in [9.17, 15) is 4.79 Å². The molecule has 2 aromatic carbocycles. The molecule has 0 unspecified atom stereocenters. The van der Waals surface area contributed by atoms with Gasteiger partial charge >= 0.3 is 0 Å². The molecule has 0 radical (unpaired) electrons. The Labute approximate surface area is 117 Å². The van der Waals surface area contributed by atoms with Gasteiger partial charge in [0.25, 0.3) is 5.91 Å². The van der Waals surface area contributed by atoms with Crippen molar-refractivity contribution in [2.24, 2.45) is 0 Å². The normalized spacial score (nSPS) is 10.3. The van der Waals surface area contributed by atoms with Crippen LogP contribution in [0.15, 0.2) is 36.4 Å². The van der Waals surface area contributed by atoms with Gasteiger partial charge in [-0.2, -0.15) is 0 Å². The number of anilines is 2. The van der Waals surface area contributed by atoms with E-state index in [1.807, 2.05) is 26.0 Å². The molecule has 3 N–H and O–H groups in total. The number of amides is 1. The Bertz CT molecular complexity index is 638. The predicted octanol–water partition coefficient (Wildman–Crippen LogP) is 3.79. The van der Waals surface area contributed by atoms with Crippen LogP contribution in [0.3, 0.4) is 0 Å². The lowest BCUT2D eigenvalue weighted by atomic mass is 10.1. The number of carbonyl (C=O) groups is 1. The average Bonchev–Trinajstić information content (AvgIpc) is 2.34. The van der Waals surface area contributed by atoms with Gasteiger partial charge in [-0.1, -0.05) is 17.7 Å². The van der Waals surface area contributed by atoms with Gasteiger partial charge in [0.15, 0.2) is 0 Å². The maximum absolute atomic E-state index is 12.2. The van der Waals surface area contributed by atoms with Gasteiger partial charge in [-0.15, -0.1) is 0 Å². The molecule has 19 heavy (non-hydrogen) atoms. The molecular formula is C15H15ClN2O. The molecule has 2 aromatic rings. The zero-order valence-electron chi connectivity index (χ0n) is 10.8. The van der Waals surface area contributed by atoms with Crippen LogP contribution in [-0.2, 0) is 0 Å². The van der Waals surface area contributed by atoms with Crippen LogP contribution >= 0.6 is 11.6 Å². The first-order valence-electron chi connectivity index (χ1n) is 5.91. The van der Waals surface area contributed by atoms with Gasteiger partial charge < -0.3 is 11.1 Å². The summed E-state index contributed by atoms with van der Waals surface area (Å²) in [6, 6.07) is 10.6. The van der Waals surface area contributed by atoms with Crippen molar-refractivity contribution in [1.82, 2.24) is 0 Å². The summed E-state index contributed by atoms with van der Waals surface area (Å²) in [4.78, 5) is 12.2.